The second kappa shape index (κ2) is 6.34. The van der Waals surface area contributed by atoms with Gasteiger partial charge in [0.15, 0.2) is 0 Å². The minimum absolute atomic E-state index is 0.122. The van der Waals surface area contributed by atoms with Crippen LogP contribution in [0.5, 0.6) is 5.75 Å². The molecule has 102 valence electrons. The highest BCUT2D eigenvalue weighted by Crippen LogP contribution is 2.30. The van der Waals surface area contributed by atoms with E-state index in [-0.39, 0.29) is 11.1 Å². The Bertz CT molecular complexity index is 561. The van der Waals surface area contributed by atoms with Gasteiger partial charge < -0.3 is 4.74 Å². The second-order valence-corrected chi connectivity index (χ2v) is 5.38. The summed E-state index contributed by atoms with van der Waals surface area (Å²) in [5.41, 5.74) is 3.23. The average Bonchev–Trinajstić information content (AvgIpc) is 2.89. The number of hydrogen-bond donors (Lipinski definition) is 2. The van der Waals surface area contributed by atoms with Crippen molar-refractivity contribution >= 4 is 22.9 Å². The molecule has 0 aliphatic carbocycles. The summed E-state index contributed by atoms with van der Waals surface area (Å²) < 4.78 is 19.0. The van der Waals surface area contributed by atoms with Crippen LogP contribution in [0.25, 0.3) is 0 Å². The van der Waals surface area contributed by atoms with Crippen molar-refractivity contribution < 1.29 is 9.13 Å². The normalized spacial score (nSPS) is 12.4. The van der Waals surface area contributed by atoms with Crippen LogP contribution < -0.4 is 16.0 Å². The standard InChI is InChI=1S/C13H14ClFN2OS/c1-18-9-6-12(19-7-9)11(17-16)5-8-3-2-4-10(14)13(8)15/h2-4,6-7,11,17H,5,16H2,1H3. The zero-order chi connectivity index (χ0) is 13.8. The van der Waals surface area contributed by atoms with Gasteiger partial charge in [0, 0.05) is 10.3 Å². The van der Waals surface area contributed by atoms with Gasteiger partial charge in [0.1, 0.15) is 11.6 Å². The molecule has 2 rings (SSSR count). The number of hydrazine groups is 1. The predicted octanol–water partition coefficient (Wildman–Crippen LogP) is 3.30. The van der Waals surface area contributed by atoms with E-state index in [1.807, 2.05) is 11.4 Å². The number of rotatable bonds is 5. The highest BCUT2D eigenvalue weighted by Gasteiger charge is 2.16. The Morgan fingerprint density at radius 3 is 2.95 bits per heavy atom. The van der Waals surface area contributed by atoms with Crippen LogP contribution in [-0.4, -0.2) is 7.11 Å². The van der Waals surface area contributed by atoms with Crippen LogP contribution in [-0.2, 0) is 6.42 Å². The third kappa shape index (κ3) is 3.25. The number of nitrogens with two attached hydrogens (primary N) is 1. The molecule has 0 saturated heterocycles. The molecule has 1 aromatic carbocycles. The van der Waals surface area contributed by atoms with Gasteiger partial charge in [-0.25, -0.2) is 4.39 Å². The summed E-state index contributed by atoms with van der Waals surface area (Å²) in [7, 11) is 1.60. The Kier molecular flexibility index (Phi) is 4.76. The second-order valence-electron chi connectivity index (χ2n) is 4.03. The van der Waals surface area contributed by atoms with Gasteiger partial charge in [0.05, 0.1) is 18.2 Å². The number of hydrogen-bond acceptors (Lipinski definition) is 4. The molecule has 1 atom stereocenters. The lowest BCUT2D eigenvalue weighted by Crippen LogP contribution is -2.29. The summed E-state index contributed by atoms with van der Waals surface area (Å²) in [4.78, 5) is 0.985. The summed E-state index contributed by atoms with van der Waals surface area (Å²) in [6, 6.07) is 6.67. The van der Waals surface area contributed by atoms with Crippen molar-refractivity contribution in [1.82, 2.24) is 5.43 Å². The van der Waals surface area contributed by atoms with Crippen molar-refractivity contribution in [2.75, 3.05) is 7.11 Å². The molecule has 0 amide bonds. The Hall–Kier alpha value is -1.14. The third-order valence-electron chi connectivity index (χ3n) is 2.83. The Balaban J connectivity index is 2.21. The molecule has 0 aliphatic rings. The van der Waals surface area contributed by atoms with Crippen LogP contribution in [0, 0.1) is 5.82 Å². The number of methoxy groups -OCH3 is 1. The van der Waals surface area contributed by atoms with Crippen LogP contribution in [0.4, 0.5) is 4.39 Å². The molecule has 1 heterocycles. The summed E-state index contributed by atoms with van der Waals surface area (Å²) >= 11 is 7.28. The molecule has 0 bridgehead atoms. The van der Waals surface area contributed by atoms with Crippen LogP contribution in [0.15, 0.2) is 29.6 Å². The highest BCUT2D eigenvalue weighted by molar-refractivity contribution is 7.10. The van der Waals surface area contributed by atoms with Crippen molar-refractivity contribution in [1.29, 1.82) is 0 Å². The molecule has 0 fully saturated rings. The van der Waals surface area contributed by atoms with Gasteiger partial charge in [-0.15, -0.1) is 11.3 Å². The molecule has 3 N–H and O–H groups in total. The van der Waals surface area contributed by atoms with Crippen molar-refractivity contribution in [2.45, 2.75) is 12.5 Å². The Morgan fingerprint density at radius 2 is 2.32 bits per heavy atom. The monoisotopic (exact) mass is 300 g/mol. The highest BCUT2D eigenvalue weighted by atomic mass is 35.5. The Labute approximate surface area is 120 Å². The fourth-order valence-electron chi connectivity index (χ4n) is 1.79. The quantitative estimate of drug-likeness (QED) is 0.658. The largest absolute Gasteiger partial charge is 0.496 e. The molecule has 0 aliphatic heterocycles. The molecule has 0 saturated carbocycles. The minimum atomic E-state index is -0.395. The maximum Gasteiger partial charge on any atom is 0.145 e. The van der Waals surface area contributed by atoms with Gasteiger partial charge in [-0.3, -0.25) is 11.3 Å². The summed E-state index contributed by atoms with van der Waals surface area (Å²) in [6.07, 6.45) is 0.423. The average molecular weight is 301 g/mol. The fourth-order valence-corrected chi connectivity index (χ4v) is 2.90. The van der Waals surface area contributed by atoms with Gasteiger partial charge in [0.25, 0.3) is 0 Å². The molecule has 0 spiro atoms. The minimum Gasteiger partial charge on any atom is -0.496 e. The van der Waals surface area contributed by atoms with Crippen LogP contribution in [0.1, 0.15) is 16.5 Å². The van der Waals surface area contributed by atoms with Crippen molar-refractivity contribution in [2.24, 2.45) is 5.84 Å². The van der Waals surface area contributed by atoms with E-state index in [9.17, 15) is 4.39 Å². The topological polar surface area (TPSA) is 47.3 Å². The molecule has 0 radical (unpaired) electrons. The van der Waals surface area contributed by atoms with Gasteiger partial charge >= 0.3 is 0 Å². The van der Waals surface area contributed by atoms with E-state index in [1.54, 1.807) is 19.2 Å². The van der Waals surface area contributed by atoms with Gasteiger partial charge in [-0.2, -0.15) is 0 Å². The lowest BCUT2D eigenvalue weighted by molar-refractivity contribution is 0.415. The molecular formula is C13H14ClFN2OS. The summed E-state index contributed by atoms with van der Waals surface area (Å²) in [5, 5.41) is 2.01. The molecule has 3 nitrogen and oxygen atoms in total. The zero-order valence-electron chi connectivity index (χ0n) is 10.3. The maximum absolute atomic E-state index is 13.9. The maximum atomic E-state index is 13.9. The molecule has 2 aromatic rings. The smallest absolute Gasteiger partial charge is 0.145 e. The van der Waals surface area contributed by atoms with E-state index in [1.165, 1.54) is 17.4 Å². The number of ether oxygens (including phenoxy) is 1. The van der Waals surface area contributed by atoms with E-state index in [0.29, 0.717) is 12.0 Å². The van der Waals surface area contributed by atoms with E-state index in [4.69, 9.17) is 22.2 Å². The number of benzene rings is 1. The third-order valence-corrected chi connectivity index (χ3v) is 4.15. The molecule has 1 aromatic heterocycles. The van der Waals surface area contributed by atoms with Crippen LogP contribution in [0.2, 0.25) is 5.02 Å². The first-order chi connectivity index (χ1) is 9.15. The lowest BCUT2D eigenvalue weighted by Gasteiger charge is -2.15. The van der Waals surface area contributed by atoms with Crippen molar-refractivity contribution in [3.05, 3.63) is 50.9 Å². The van der Waals surface area contributed by atoms with Crippen molar-refractivity contribution in [3.63, 3.8) is 0 Å². The molecule has 1 unspecified atom stereocenters. The van der Waals surface area contributed by atoms with E-state index >= 15 is 0 Å². The Morgan fingerprint density at radius 1 is 1.53 bits per heavy atom. The first kappa shape index (κ1) is 14.3. The number of halogens is 2. The van der Waals surface area contributed by atoms with E-state index < -0.39 is 5.82 Å². The summed E-state index contributed by atoms with van der Waals surface area (Å²) in [6.45, 7) is 0. The van der Waals surface area contributed by atoms with Crippen LogP contribution in [0.3, 0.4) is 0 Å². The fraction of sp³-hybridized carbons (Fsp3) is 0.231. The SMILES string of the molecule is COc1csc(C(Cc2cccc(Cl)c2F)NN)c1. The first-order valence-corrected chi connectivity index (χ1v) is 6.93. The molecule has 6 heteroatoms. The number of nitrogens with one attached hydrogen (secondary N) is 1. The first-order valence-electron chi connectivity index (χ1n) is 5.67. The molecule has 19 heavy (non-hydrogen) atoms. The van der Waals surface area contributed by atoms with Crippen molar-refractivity contribution in [3.8, 4) is 5.75 Å². The zero-order valence-corrected chi connectivity index (χ0v) is 11.9. The summed E-state index contributed by atoms with van der Waals surface area (Å²) in [5.74, 6) is 5.93. The van der Waals surface area contributed by atoms with Gasteiger partial charge in [0.2, 0.25) is 0 Å². The van der Waals surface area contributed by atoms with E-state index in [2.05, 4.69) is 5.43 Å². The number of thiophene rings is 1. The molecular weight excluding hydrogens is 287 g/mol. The predicted molar refractivity (Wildman–Crippen MR) is 76.0 cm³/mol. The van der Waals surface area contributed by atoms with Gasteiger partial charge in [-0.05, 0) is 24.1 Å². The van der Waals surface area contributed by atoms with Gasteiger partial charge in [-0.1, -0.05) is 23.7 Å². The van der Waals surface area contributed by atoms with E-state index in [0.717, 1.165) is 10.6 Å². The van der Waals surface area contributed by atoms with Crippen LogP contribution >= 0.6 is 22.9 Å². The lowest BCUT2D eigenvalue weighted by atomic mass is 10.0.